The largest absolute Gasteiger partial charge is 0.465 e. The molecular formula is C16H16N2O4. The molecule has 6 nitrogen and oxygen atoms in total. The average Bonchev–Trinajstić information content (AvgIpc) is 2.59. The van der Waals surface area contributed by atoms with E-state index >= 15 is 0 Å². The number of benzene rings is 2. The lowest BCUT2D eigenvalue weighted by Crippen LogP contribution is -2.14. The van der Waals surface area contributed by atoms with Gasteiger partial charge in [-0.2, -0.15) is 0 Å². The fourth-order valence-electron chi connectivity index (χ4n) is 1.84. The smallest absolute Gasteiger partial charge is 0.340 e. The van der Waals surface area contributed by atoms with Crippen LogP contribution in [0.25, 0.3) is 0 Å². The van der Waals surface area contributed by atoms with Crippen molar-refractivity contribution in [2.45, 2.75) is 0 Å². The zero-order valence-electron chi connectivity index (χ0n) is 12.3. The van der Waals surface area contributed by atoms with Crippen LogP contribution < -0.4 is 10.9 Å². The van der Waals surface area contributed by atoms with E-state index in [0.717, 1.165) is 5.69 Å². The Morgan fingerprint density at radius 1 is 0.864 bits per heavy atom. The van der Waals surface area contributed by atoms with Gasteiger partial charge in [0.05, 0.1) is 36.7 Å². The standard InChI is InChI=1S/C16H16N2O4/c1-21-15(19)11-8-9-13(16(20)22-2)14(10-11)18-17-12-6-4-3-5-7-12/h3-10,17-18H,1-2H3. The van der Waals surface area contributed by atoms with E-state index in [1.165, 1.54) is 32.4 Å². The van der Waals surface area contributed by atoms with Gasteiger partial charge in [0.2, 0.25) is 0 Å². The number of rotatable bonds is 5. The quantitative estimate of drug-likeness (QED) is 0.653. The van der Waals surface area contributed by atoms with Crippen LogP contribution in [0.3, 0.4) is 0 Å². The van der Waals surface area contributed by atoms with E-state index in [4.69, 9.17) is 4.74 Å². The van der Waals surface area contributed by atoms with Crippen LogP contribution in [-0.2, 0) is 9.47 Å². The Balaban J connectivity index is 2.28. The molecule has 6 heteroatoms. The third kappa shape index (κ3) is 3.54. The van der Waals surface area contributed by atoms with Gasteiger partial charge >= 0.3 is 11.9 Å². The monoisotopic (exact) mass is 300 g/mol. The summed E-state index contributed by atoms with van der Waals surface area (Å²) in [5, 5.41) is 0. The van der Waals surface area contributed by atoms with Crippen LogP contribution in [0.2, 0.25) is 0 Å². The van der Waals surface area contributed by atoms with Crippen molar-refractivity contribution in [3.8, 4) is 0 Å². The Kier molecular flexibility index (Phi) is 4.98. The summed E-state index contributed by atoms with van der Waals surface area (Å²) in [6.07, 6.45) is 0. The van der Waals surface area contributed by atoms with Crippen LogP contribution in [0.1, 0.15) is 20.7 Å². The van der Waals surface area contributed by atoms with Crippen LogP contribution in [0.5, 0.6) is 0 Å². The van der Waals surface area contributed by atoms with Crippen molar-refractivity contribution < 1.29 is 19.1 Å². The highest BCUT2D eigenvalue weighted by molar-refractivity contribution is 5.99. The molecule has 22 heavy (non-hydrogen) atoms. The van der Waals surface area contributed by atoms with E-state index in [9.17, 15) is 9.59 Å². The number of hydrazine groups is 1. The van der Waals surface area contributed by atoms with E-state index in [0.29, 0.717) is 16.8 Å². The van der Waals surface area contributed by atoms with Crippen LogP contribution in [0.4, 0.5) is 11.4 Å². The molecule has 2 aromatic rings. The van der Waals surface area contributed by atoms with Gasteiger partial charge in [-0.1, -0.05) is 18.2 Å². The molecule has 0 saturated heterocycles. The molecule has 0 bridgehead atoms. The maximum atomic E-state index is 11.8. The molecule has 2 N–H and O–H groups in total. The van der Waals surface area contributed by atoms with Crippen LogP contribution in [0, 0.1) is 0 Å². The summed E-state index contributed by atoms with van der Waals surface area (Å²) in [7, 11) is 2.59. The van der Waals surface area contributed by atoms with Gasteiger partial charge in [0.1, 0.15) is 0 Å². The van der Waals surface area contributed by atoms with Gasteiger partial charge in [-0.15, -0.1) is 0 Å². The molecule has 0 fully saturated rings. The maximum Gasteiger partial charge on any atom is 0.340 e. The second-order valence-corrected chi connectivity index (χ2v) is 4.36. The predicted octanol–water partition coefficient (Wildman–Crippen LogP) is 2.70. The Morgan fingerprint density at radius 3 is 2.18 bits per heavy atom. The fourth-order valence-corrected chi connectivity index (χ4v) is 1.84. The first-order valence-corrected chi connectivity index (χ1v) is 6.53. The highest BCUT2D eigenvalue weighted by atomic mass is 16.5. The van der Waals surface area contributed by atoms with Crippen LogP contribution >= 0.6 is 0 Å². The molecule has 0 aliphatic heterocycles. The normalized spacial score (nSPS) is 9.73. The first-order valence-electron chi connectivity index (χ1n) is 6.53. The lowest BCUT2D eigenvalue weighted by atomic mass is 10.1. The lowest BCUT2D eigenvalue weighted by Gasteiger charge is -2.14. The summed E-state index contributed by atoms with van der Waals surface area (Å²) in [6.45, 7) is 0. The lowest BCUT2D eigenvalue weighted by molar-refractivity contribution is 0.0587. The second kappa shape index (κ2) is 7.12. The van der Waals surface area contributed by atoms with Crippen molar-refractivity contribution in [1.82, 2.24) is 0 Å². The number of hydrogen-bond acceptors (Lipinski definition) is 6. The molecule has 0 aliphatic carbocycles. The molecule has 0 radical (unpaired) electrons. The number of para-hydroxylation sites is 1. The van der Waals surface area contributed by atoms with Crippen molar-refractivity contribution in [3.05, 3.63) is 59.7 Å². The van der Waals surface area contributed by atoms with Gasteiger partial charge in [0.25, 0.3) is 0 Å². The topological polar surface area (TPSA) is 76.7 Å². The summed E-state index contributed by atoms with van der Waals surface area (Å²) >= 11 is 0. The molecule has 0 aliphatic rings. The van der Waals surface area contributed by atoms with Gasteiger partial charge < -0.3 is 14.9 Å². The van der Waals surface area contributed by atoms with E-state index in [1.54, 1.807) is 0 Å². The molecular weight excluding hydrogens is 284 g/mol. The molecule has 0 atom stereocenters. The molecule has 0 aromatic heterocycles. The van der Waals surface area contributed by atoms with Crippen molar-refractivity contribution in [2.24, 2.45) is 0 Å². The zero-order chi connectivity index (χ0) is 15.9. The first-order chi connectivity index (χ1) is 10.7. The van der Waals surface area contributed by atoms with Crippen LogP contribution in [-0.4, -0.2) is 26.2 Å². The summed E-state index contributed by atoms with van der Waals surface area (Å²) in [5.74, 6) is -0.993. The zero-order valence-corrected chi connectivity index (χ0v) is 12.3. The molecule has 0 amide bonds. The number of carbonyl (C=O) groups is 2. The van der Waals surface area contributed by atoms with Gasteiger partial charge in [-0.25, -0.2) is 9.59 Å². The van der Waals surface area contributed by atoms with Crippen LogP contribution in [0.15, 0.2) is 48.5 Å². The molecule has 2 rings (SSSR count). The summed E-state index contributed by atoms with van der Waals surface area (Å²) in [5.41, 5.74) is 7.71. The van der Waals surface area contributed by atoms with E-state index in [1.807, 2.05) is 30.3 Å². The number of methoxy groups -OCH3 is 2. The maximum absolute atomic E-state index is 11.8. The summed E-state index contributed by atoms with van der Waals surface area (Å²) in [6, 6.07) is 13.9. The molecule has 0 heterocycles. The Hall–Kier alpha value is -3.02. The average molecular weight is 300 g/mol. The molecule has 114 valence electrons. The Bertz CT molecular complexity index is 671. The van der Waals surface area contributed by atoms with Crippen molar-refractivity contribution in [3.63, 3.8) is 0 Å². The highest BCUT2D eigenvalue weighted by Gasteiger charge is 2.15. The number of nitrogens with one attached hydrogen (secondary N) is 2. The third-order valence-electron chi connectivity index (χ3n) is 2.96. The third-order valence-corrected chi connectivity index (χ3v) is 2.96. The predicted molar refractivity (Wildman–Crippen MR) is 82.8 cm³/mol. The molecule has 0 spiro atoms. The minimum Gasteiger partial charge on any atom is -0.465 e. The number of carbonyl (C=O) groups excluding carboxylic acids is 2. The van der Waals surface area contributed by atoms with E-state index in [-0.39, 0.29) is 0 Å². The molecule has 0 unspecified atom stereocenters. The minimum atomic E-state index is -0.506. The van der Waals surface area contributed by atoms with Crippen molar-refractivity contribution >= 4 is 23.3 Å². The Morgan fingerprint density at radius 2 is 1.55 bits per heavy atom. The van der Waals surface area contributed by atoms with Crippen molar-refractivity contribution in [1.29, 1.82) is 0 Å². The Labute approximate surface area is 128 Å². The SMILES string of the molecule is COC(=O)c1ccc(C(=O)OC)c(NNc2ccccc2)c1. The minimum absolute atomic E-state index is 0.304. The first kappa shape index (κ1) is 15.4. The summed E-state index contributed by atoms with van der Waals surface area (Å²) in [4.78, 5) is 23.4. The number of esters is 2. The van der Waals surface area contributed by atoms with Gasteiger partial charge in [0.15, 0.2) is 0 Å². The summed E-state index contributed by atoms with van der Waals surface area (Å²) < 4.78 is 9.41. The number of hydrogen-bond donors (Lipinski definition) is 2. The highest BCUT2D eigenvalue weighted by Crippen LogP contribution is 2.20. The van der Waals surface area contributed by atoms with Gasteiger partial charge in [-0.05, 0) is 30.3 Å². The molecule has 0 saturated carbocycles. The number of anilines is 2. The van der Waals surface area contributed by atoms with E-state index in [2.05, 4.69) is 15.6 Å². The molecule has 2 aromatic carbocycles. The van der Waals surface area contributed by atoms with Crippen molar-refractivity contribution in [2.75, 3.05) is 25.1 Å². The van der Waals surface area contributed by atoms with E-state index < -0.39 is 11.9 Å². The second-order valence-electron chi connectivity index (χ2n) is 4.36. The van der Waals surface area contributed by atoms with Gasteiger partial charge in [0, 0.05) is 0 Å². The fraction of sp³-hybridized carbons (Fsp3) is 0.125. The number of ether oxygens (including phenoxy) is 2. The van der Waals surface area contributed by atoms with Gasteiger partial charge in [-0.3, -0.25) is 5.43 Å².